The van der Waals surface area contributed by atoms with Gasteiger partial charge in [-0.15, -0.1) is 0 Å². The van der Waals surface area contributed by atoms with Gasteiger partial charge in [0.15, 0.2) is 0 Å². The van der Waals surface area contributed by atoms with Gasteiger partial charge in [-0.1, -0.05) is 32.9 Å². The Bertz CT molecular complexity index is 471. The first-order valence-electron chi connectivity index (χ1n) is 6.82. The molecule has 0 aromatic heterocycles. The van der Waals surface area contributed by atoms with Gasteiger partial charge in [0.05, 0.1) is 5.56 Å². The van der Waals surface area contributed by atoms with Crippen LogP contribution in [0.15, 0.2) is 24.3 Å². The zero-order valence-electron chi connectivity index (χ0n) is 12.6. The highest BCUT2D eigenvalue weighted by Crippen LogP contribution is 2.18. The number of carbonyl (C=O) groups is 2. The lowest BCUT2D eigenvalue weighted by atomic mass is 9.88. The molecule has 0 fully saturated rings. The molecule has 1 amide bonds. The number of rotatable bonds is 5. The van der Waals surface area contributed by atoms with E-state index in [0.717, 1.165) is 5.56 Å². The van der Waals surface area contributed by atoms with E-state index in [-0.39, 0.29) is 22.9 Å². The Labute approximate surface area is 120 Å². The highest BCUT2D eigenvalue weighted by atomic mass is 16.4. The second-order valence-corrected chi connectivity index (χ2v) is 6.16. The number of aromatic carboxylic acids is 1. The van der Waals surface area contributed by atoms with Crippen molar-refractivity contribution in [2.45, 2.75) is 46.6 Å². The maximum Gasteiger partial charge on any atom is 0.335 e. The van der Waals surface area contributed by atoms with Crippen LogP contribution < -0.4 is 5.32 Å². The van der Waals surface area contributed by atoms with E-state index in [0.29, 0.717) is 12.8 Å². The molecule has 110 valence electrons. The normalized spacial score (nSPS) is 12.8. The summed E-state index contributed by atoms with van der Waals surface area (Å²) in [6.45, 7) is 8.26. The second-order valence-electron chi connectivity index (χ2n) is 6.16. The van der Waals surface area contributed by atoms with Crippen LogP contribution in [-0.4, -0.2) is 23.0 Å². The van der Waals surface area contributed by atoms with E-state index in [1.165, 1.54) is 0 Å². The quantitative estimate of drug-likeness (QED) is 0.869. The summed E-state index contributed by atoms with van der Waals surface area (Å²) in [4.78, 5) is 22.6. The maximum atomic E-state index is 11.8. The molecule has 2 N–H and O–H groups in total. The summed E-state index contributed by atoms with van der Waals surface area (Å²) in [7, 11) is 0. The molecular formula is C16H23NO3. The first-order chi connectivity index (χ1) is 9.20. The predicted molar refractivity (Wildman–Crippen MR) is 78.8 cm³/mol. The molecule has 1 aromatic carbocycles. The molecular weight excluding hydrogens is 254 g/mol. The molecule has 0 aliphatic heterocycles. The number of carbonyl (C=O) groups excluding carboxylic acids is 1. The van der Waals surface area contributed by atoms with Crippen molar-refractivity contribution in [2.75, 3.05) is 0 Å². The van der Waals surface area contributed by atoms with Gasteiger partial charge in [-0.25, -0.2) is 4.79 Å². The number of carboxylic acids is 1. The van der Waals surface area contributed by atoms with Crippen LogP contribution in [0, 0.1) is 5.41 Å². The van der Waals surface area contributed by atoms with Crippen LogP contribution in [0.4, 0.5) is 0 Å². The van der Waals surface area contributed by atoms with Crippen molar-refractivity contribution < 1.29 is 14.7 Å². The van der Waals surface area contributed by atoms with Crippen molar-refractivity contribution >= 4 is 11.9 Å². The van der Waals surface area contributed by atoms with E-state index in [1.54, 1.807) is 24.3 Å². The van der Waals surface area contributed by atoms with Gasteiger partial charge in [0.2, 0.25) is 5.91 Å². The van der Waals surface area contributed by atoms with Crippen LogP contribution in [0.25, 0.3) is 0 Å². The van der Waals surface area contributed by atoms with Gasteiger partial charge in [-0.05, 0) is 36.5 Å². The number of aryl methyl sites for hydroxylation is 1. The summed E-state index contributed by atoms with van der Waals surface area (Å²) in [6, 6.07) is 6.75. The largest absolute Gasteiger partial charge is 0.478 e. The standard InChI is InChI=1S/C16H23NO3/c1-11(16(2,3)4)17-14(18)10-7-12-5-8-13(9-6-12)15(19)20/h5-6,8-9,11H,7,10H2,1-4H3,(H,17,18)(H,19,20)/t11-/m1/s1. The van der Waals surface area contributed by atoms with E-state index in [9.17, 15) is 9.59 Å². The zero-order chi connectivity index (χ0) is 15.3. The fraction of sp³-hybridized carbons (Fsp3) is 0.500. The molecule has 1 rings (SSSR count). The summed E-state index contributed by atoms with van der Waals surface area (Å²) in [6.07, 6.45) is 1.02. The second kappa shape index (κ2) is 6.55. The Morgan fingerprint density at radius 2 is 1.75 bits per heavy atom. The minimum atomic E-state index is -0.937. The van der Waals surface area contributed by atoms with Gasteiger partial charge in [0.25, 0.3) is 0 Å². The average molecular weight is 277 g/mol. The Balaban J connectivity index is 2.47. The Morgan fingerprint density at radius 3 is 2.20 bits per heavy atom. The first kappa shape index (κ1) is 16.2. The topological polar surface area (TPSA) is 66.4 Å². The highest BCUT2D eigenvalue weighted by molar-refractivity contribution is 5.87. The molecule has 0 saturated carbocycles. The summed E-state index contributed by atoms with van der Waals surface area (Å²) in [5, 5.41) is 11.8. The van der Waals surface area contributed by atoms with Gasteiger partial charge in [-0.3, -0.25) is 4.79 Å². The van der Waals surface area contributed by atoms with E-state index in [2.05, 4.69) is 26.1 Å². The summed E-state index contributed by atoms with van der Waals surface area (Å²) in [5.74, 6) is -0.914. The summed E-state index contributed by atoms with van der Waals surface area (Å²) >= 11 is 0. The number of amides is 1. The van der Waals surface area contributed by atoms with Crippen molar-refractivity contribution in [2.24, 2.45) is 5.41 Å². The van der Waals surface area contributed by atoms with Crippen molar-refractivity contribution in [1.82, 2.24) is 5.32 Å². The van der Waals surface area contributed by atoms with Crippen LogP contribution >= 0.6 is 0 Å². The van der Waals surface area contributed by atoms with Crippen molar-refractivity contribution in [3.05, 3.63) is 35.4 Å². The number of hydrogen-bond donors (Lipinski definition) is 2. The van der Waals surface area contributed by atoms with Gasteiger partial charge < -0.3 is 10.4 Å². The molecule has 4 nitrogen and oxygen atoms in total. The number of benzene rings is 1. The molecule has 4 heteroatoms. The Morgan fingerprint density at radius 1 is 1.20 bits per heavy atom. The third kappa shape index (κ3) is 5.03. The lowest BCUT2D eigenvalue weighted by Gasteiger charge is -2.28. The van der Waals surface area contributed by atoms with Crippen molar-refractivity contribution in [3.8, 4) is 0 Å². The number of hydrogen-bond acceptors (Lipinski definition) is 2. The third-order valence-corrected chi connectivity index (χ3v) is 3.52. The van der Waals surface area contributed by atoms with Crippen LogP contribution in [-0.2, 0) is 11.2 Å². The van der Waals surface area contributed by atoms with E-state index < -0.39 is 5.97 Å². The minimum Gasteiger partial charge on any atom is -0.478 e. The molecule has 0 saturated heterocycles. The molecule has 0 heterocycles. The zero-order valence-corrected chi connectivity index (χ0v) is 12.6. The monoisotopic (exact) mass is 277 g/mol. The minimum absolute atomic E-state index is 0.0229. The molecule has 0 bridgehead atoms. The number of carboxylic acid groups (broad SMARTS) is 1. The van der Waals surface area contributed by atoms with E-state index in [4.69, 9.17) is 5.11 Å². The van der Waals surface area contributed by atoms with Gasteiger partial charge in [0.1, 0.15) is 0 Å². The van der Waals surface area contributed by atoms with E-state index >= 15 is 0 Å². The highest BCUT2D eigenvalue weighted by Gasteiger charge is 2.21. The van der Waals surface area contributed by atoms with Crippen LogP contribution in [0.2, 0.25) is 0 Å². The van der Waals surface area contributed by atoms with Gasteiger partial charge >= 0.3 is 5.97 Å². The van der Waals surface area contributed by atoms with Gasteiger partial charge in [-0.2, -0.15) is 0 Å². The maximum absolute atomic E-state index is 11.8. The lowest BCUT2D eigenvalue weighted by molar-refractivity contribution is -0.122. The first-order valence-corrected chi connectivity index (χ1v) is 6.82. The molecule has 0 aliphatic carbocycles. The molecule has 0 spiro atoms. The molecule has 1 atom stereocenters. The molecule has 1 aromatic rings. The molecule has 20 heavy (non-hydrogen) atoms. The Kier molecular flexibility index (Phi) is 5.31. The SMILES string of the molecule is C[C@@H](NC(=O)CCc1ccc(C(=O)O)cc1)C(C)(C)C. The summed E-state index contributed by atoms with van der Waals surface area (Å²) in [5.41, 5.74) is 1.27. The fourth-order valence-electron chi connectivity index (χ4n) is 1.60. The van der Waals surface area contributed by atoms with E-state index in [1.807, 2.05) is 6.92 Å². The average Bonchev–Trinajstić information content (AvgIpc) is 2.35. The predicted octanol–water partition coefficient (Wildman–Crippen LogP) is 2.87. The van der Waals surface area contributed by atoms with Crippen LogP contribution in [0.1, 0.15) is 50.0 Å². The van der Waals surface area contributed by atoms with Crippen LogP contribution in [0.5, 0.6) is 0 Å². The fourth-order valence-corrected chi connectivity index (χ4v) is 1.60. The van der Waals surface area contributed by atoms with Crippen molar-refractivity contribution in [1.29, 1.82) is 0 Å². The third-order valence-electron chi connectivity index (χ3n) is 3.52. The summed E-state index contributed by atoms with van der Waals surface area (Å²) < 4.78 is 0. The lowest BCUT2D eigenvalue weighted by Crippen LogP contribution is -2.41. The van der Waals surface area contributed by atoms with Gasteiger partial charge in [0, 0.05) is 12.5 Å². The Hall–Kier alpha value is -1.84. The molecule has 0 aliphatic rings. The molecule has 0 radical (unpaired) electrons. The smallest absolute Gasteiger partial charge is 0.335 e. The number of nitrogens with one attached hydrogen (secondary N) is 1. The van der Waals surface area contributed by atoms with Crippen molar-refractivity contribution in [3.63, 3.8) is 0 Å². The van der Waals surface area contributed by atoms with Crippen LogP contribution in [0.3, 0.4) is 0 Å². The molecule has 0 unspecified atom stereocenters.